The molecule has 0 aromatic carbocycles. The van der Waals surface area contributed by atoms with E-state index in [2.05, 4.69) is 10.6 Å². The fourth-order valence-corrected chi connectivity index (χ4v) is 2.65. The van der Waals surface area contributed by atoms with E-state index in [4.69, 9.17) is 4.74 Å². The topological polar surface area (TPSA) is 50.4 Å². The van der Waals surface area contributed by atoms with Crippen molar-refractivity contribution in [2.45, 2.75) is 57.1 Å². The van der Waals surface area contributed by atoms with Crippen molar-refractivity contribution in [3.8, 4) is 0 Å². The molecule has 1 aliphatic carbocycles. The molecule has 0 aromatic rings. The normalized spacial score (nSPS) is 26.8. The van der Waals surface area contributed by atoms with Crippen molar-refractivity contribution in [1.29, 1.82) is 0 Å². The summed E-state index contributed by atoms with van der Waals surface area (Å²) in [6, 6.07) is -0.00956. The molecule has 1 amide bonds. The summed E-state index contributed by atoms with van der Waals surface area (Å²) in [5, 5.41) is 6.23. The van der Waals surface area contributed by atoms with Crippen LogP contribution in [0.2, 0.25) is 0 Å². The lowest BCUT2D eigenvalue weighted by atomic mass is 10.1. The van der Waals surface area contributed by atoms with E-state index < -0.39 is 0 Å². The number of carbonyl (C=O) groups excluding carboxylic acids is 1. The van der Waals surface area contributed by atoms with Gasteiger partial charge in [0.25, 0.3) is 0 Å². The fourth-order valence-electron chi connectivity index (χ4n) is 2.65. The van der Waals surface area contributed by atoms with Crippen LogP contribution in [0.3, 0.4) is 0 Å². The first-order valence-electron chi connectivity index (χ1n) is 6.99. The molecule has 2 rings (SSSR count). The first-order valence-corrected chi connectivity index (χ1v) is 6.99. The highest BCUT2D eigenvalue weighted by Gasteiger charge is 2.20. The molecular weight excluding hydrogens is 216 g/mol. The fraction of sp³-hybridized carbons (Fsp3) is 0.923. The minimum atomic E-state index is -0.00956. The van der Waals surface area contributed by atoms with Crippen LogP contribution in [0.1, 0.15) is 44.9 Å². The number of hydrogen-bond donors (Lipinski definition) is 2. The Morgan fingerprint density at radius 3 is 2.76 bits per heavy atom. The lowest BCUT2D eigenvalue weighted by molar-refractivity contribution is -0.122. The Kier molecular flexibility index (Phi) is 5.26. The van der Waals surface area contributed by atoms with Crippen molar-refractivity contribution in [2.75, 3.05) is 19.7 Å². The highest BCUT2D eigenvalue weighted by Crippen LogP contribution is 2.20. The summed E-state index contributed by atoms with van der Waals surface area (Å²) in [5.74, 6) is 0.156. The molecule has 0 spiro atoms. The molecule has 1 atom stereocenters. The smallest absolute Gasteiger partial charge is 0.237 e. The predicted molar refractivity (Wildman–Crippen MR) is 66.9 cm³/mol. The lowest BCUT2D eigenvalue weighted by Crippen LogP contribution is -2.44. The molecule has 0 bridgehead atoms. The quantitative estimate of drug-likeness (QED) is 0.710. The van der Waals surface area contributed by atoms with Crippen molar-refractivity contribution >= 4 is 5.91 Å². The standard InChI is InChI=1S/C13H24N2O2/c16-13-12(7-3-4-8-15-13)14-9-10-17-11-5-1-2-6-11/h11-12,14H,1-10H2,(H,15,16). The average molecular weight is 240 g/mol. The molecule has 1 saturated heterocycles. The number of hydrogen-bond acceptors (Lipinski definition) is 3. The van der Waals surface area contributed by atoms with Gasteiger partial charge in [-0.2, -0.15) is 0 Å². The Balaban J connectivity index is 1.58. The van der Waals surface area contributed by atoms with E-state index in [1.165, 1.54) is 25.7 Å². The van der Waals surface area contributed by atoms with Crippen LogP contribution in [0.5, 0.6) is 0 Å². The number of amides is 1. The van der Waals surface area contributed by atoms with Crippen LogP contribution < -0.4 is 10.6 Å². The summed E-state index contributed by atoms with van der Waals surface area (Å²) >= 11 is 0. The SMILES string of the molecule is O=C1NCCCCC1NCCOC1CCCC1. The average Bonchev–Trinajstić information content (AvgIpc) is 2.76. The van der Waals surface area contributed by atoms with Crippen LogP contribution in [-0.2, 0) is 9.53 Å². The Labute approximate surface area is 103 Å². The summed E-state index contributed by atoms with van der Waals surface area (Å²) in [4.78, 5) is 11.7. The molecule has 0 aromatic heterocycles. The van der Waals surface area contributed by atoms with E-state index in [9.17, 15) is 4.79 Å². The van der Waals surface area contributed by atoms with Gasteiger partial charge in [-0.15, -0.1) is 0 Å². The first kappa shape index (κ1) is 12.8. The van der Waals surface area contributed by atoms with E-state index in [-0.39, 0.29) is 11.9 Å². The number of nitrogens with one attached hydrogen (secondary N) is 2. The molecule has 17 heavy (non-hydrogen) atoms. The van der Waals surface area contributed by atoms with Crippen molar-refractivity contribution in [3.63, 3.8) is 0 Å². The molecule has 1 saturated carbocycles. The van der Waals surface area contributed by atoms with Crippen LogP contribution in [0.15, 0.2) is 0 Å². The van der Waals surface area contributed by atoms with Crippen LogP contribution in [0, 0.1) is 0 Å². The maximum absolute atomic E-state index is 11.7. The molecule has 4 heteroatoms. The Hall–Kier alpha value is -0.610. The third-order valence-corrected chi connectivity index (χ3v) is 3.68. The molecule has 4 nitrogen and oxygen atoms in total. The van der Waals surface area contributed by atoms with Crippen LogP contribution in [-0.4, -0.2) is 37.7 Å². The van der Waals surface area contributed by atoms with Gasteiger partial charge < -0.3 is 15.4 Å². The van der Waals surface area contributed by atoms with E-state index in [1.54, 1.807) is 0 Å². The second kappa shape index (κ2) is 6.97. The zero-order valence-electron chi connectivity index (χ0n) is 10.5. The Morgan fingerprint density at radius 1 is 1.18 bits per heavy atom. The van der Waals surface area contributed by atoms with Gasteiger partial charge in [-0.3, -0.25) is 4.79 Å². The maximum atomic E-state index is 11.7. The molecule has 0 radical (unpaired) electrons. The van der Waals surface area contributed by atoms with Gasteiger partial charge in [-0.25, -0.2) is 0 Å². The molecule has 2 N–H and O–H groups in total. The van der Waals surface area contributed by atoms with Gasteiger partial charge >= 0.3 is 0 Å². The van der Waals surface area contributed by atoms with Crippen molar-refractivity contribution < 1.29 is 9.53 Å². The maximum Gasteiger partial charge on any atom is 0.237 e. The van der Waals surface area contributed by atoms with Gasteiger partial charge in [-0.05, 0) is 32.1 Å². The monoisotopic (exact) mass is 240 g/mol. The minimum absolute atomic E-state index is 0.00956. The van der Waals surface area contributed by atoms with Gasteiger partial charge in [0.05, 0.1) is 18.8 Å². The highest BCUT2D eigenvalue weighted by molar-refractivity contribution is 5.81. The molecular formula is C13H24N2O2. The van der Waals surface area contributed by atoms with Crippen molar-refractivity contribution in [2.24, 2.45) is 0 Å². The van der Waals surface area contributed by atoms with Crippen LogP contribution in [0.4, 0.5) is 0 Å². The van der Waals surface area contributed by atoms with E-state index in [0.717, 1.165) is 39.0 Å². The van der Waals surface area contributed by atoms with E-state index >= 15 is 0 Å². The zero-order chi connectivity index (χ0) is 11.9. The number of ether oxygens (including phenoxy) is 1. The summed E-state index contributed by atoms with van der Waals surface area (Å²) in [7, 11) is 0. The summed E-state index contributed by atoms with van der Waals surface area (Å²) in [6.45, 7) is 2.35. The third-order valence-electron chi connectivity index (χ3n) is 3.68. The Bertz CT molecular complexity index is 240. The van der Waals surface area contributed by atoms with E-state index in [1.807, 2.05) is 0 Å². The molecule has 1 unspecified atom stereocenters. The first-order chi connectivity index (χ1) is 8.36. The highest BCUT2D eigenvalue weighted by atomic mass is 16.5. The molecule has 2 aliphatic rings. The molecule has 98 valence electrons. The molecule has 1 aliphatic heterocycles. The summed E-state index contributed by atoms with van der Waals surface area (Å²) in [5.41, 5.74) is 0. The van der Waals surface area contributed by atoms with Crippen molar-refractivity contribution in [1.82, 2.24) is 10.6 Å². The number of rotatable bonds is 5. The van der Waals surface area contributed by atoms with Gasteiger partial charge in [0.1, 0.15) is 0 Å². The number of carbonyl (C=O) groups is 1. The van der Waals surface area contributed by atoms with Gasteiger partial charge in [-0.1, -0.05) is 12.8 Å². The Morgan fingerprint density at radius 2 is 1.94 bits per heavy atom. The molecule has 1 heterocycles. The second-order valence-corrected chi connectivity index (χ2v) is 5.07. The van der Waals surface area contributed by atoms with E-state index in [0.29, 0.717) is 6.10 Å². The zero-order valence-corrected chi connectivity index (χ0v) is 10.5. The summed E-state index contributed by atoms with van der Waals surface area (Å²) < 4.78 is 5.77. The second-order valence-electron chi connectivity index (χ2n) is 5.07. The predicted octanol–water partition coefficient (Wildman–Crippen LogP) is 1.20. The largest absolute Gasteiger partial charge is 0.377 e. The minimum Gasteiger partial charge on any atom is -0.377 e. The van der Waals surface area contributed by atoms with Gasteiger partial charge in [0.15, 0.2) is 0 Å². The van der Waals surface area contributed by atoms with Crippen LogP contribution in [0.25, 0.3) is 0 Å². The summed E-state index contributed by atoms with van der Waals surface area (Å²) in [6.07, 6.45) is 8.69. The van der Waals surface area contributed by atoms with Crippen molar-refractivity contribution in [3.05, 3.63) is 0 Å². The van der Waals surface area contributed by atoms with Gasteiger partial charge in [0.2, 0.25) is 5.91 Å². The lowest BCUT2D eigenvalue weighted by Gasteiger charge is -2.16. The third kappa shape index (κ3) is 4.28. The van der Waals surface area contributed by atoms with Gasteiger partial charge in [0, 0.05) is 13.1 Å². The molecule has 2 fully saturated rings. The van der Waals surface area contributed by atoms with Crippen LogP contribution >= 0.6 is 0 Å².